The number of ketones is 1. The Morgan fingerprint density at radius 1 is 1.40 bits per heavy atom. The highest BCUT2D eigenvalue weighted by molar-refractivity contribution is 6.09. The van der Waals surface area contributed by atoms with E-state index in [9.17, 15) is 4.79 Å². The molecule has 2 aromatic rings. The van der Waals surface area contributed by atoms with Crippen molar-refractivity contribution in [1.29, 1.82) is 0 Å². The van der Waals surface area contributed by atoms with E-state index in [2.05, 4.69) is 5.10 Å². The highest BCUT2D eigenvalue weighted by atomic mass is 16.1. The van der Waals surface area contributed by atoms with Gasteiger partial charge < -0.3 is 0 Å². The van der Waals surface area contributed by atoms with Crippen molar-refractivity contribution in [2.24, 2.45) is 0 Å². The summed E-state index contributed by atoms with van der Waals surface area (Å²) < 4.78 is 1.70. The molecule has 0 fully saturated rings. The van der Waals surface area contributed by atoms with Crippen molar-refractivity contribution < 1.29 is 4.79 Å². The third-order valence-corrected chi connectivity index (χ3v) is 2.11. The molecule has 3 heteroatoms. The molecule has 2 heterocycles. The van der Waals surface area contributed by atoms with Crippen LogP contribution in [-0.4, -0.2) is 15.4 Å². The van der Waals surface area contributed by atoms with E-state index in [0.717, 1.165) is 11.1 Å². The number of allylic oxidation sites excluding steroid dienone is 2. The van der Waals surface area contributed by atoms with Crippen molar-refractivity contribution >= 4 is 11.3 Å². The third kappa shape index (κ3) is 1.81. The van der Waals surface area contributed by atoms with Crippen molar-refractivity contribution in [2.75, 3.05) is 0 Å². The maximum Gasteiger partial charge on any atom is 0.189 e. The Bertz CT molecular complexity index is 533. The number of hydrogen-bond acceptors (Lipinski definition) is 2. The average Bonchev–Trinajstić information content (AvgIpc) is 2.59. The van der Waals surface area contributed by atoms with E-state index in [4.69, 9.17) is 0 Å². The fraction of sp³-hybridized carbons (Fsp3) is 0.167. The minimum absolute atomic E-state index is 0.0104. The molecule has 0 spiro atoms. The van der Waals surface area contributed by atoms with Crippen molar-refractivity contribution in [3.05, 3.63) is 47.8 Å². The lowest BCUT2D eigenvalue weighted by Crippen LogP contribution is -1.94. The van der Waals surface area contributed by atoms with Crippen molar-refractivity contribution in [2.45, 2.75) is 13.8 Å². The van der Waals surface area contributed by atoms with Gasteiger partial charge in [-0.3, -0.25) is 4.79 Å². The SMILES string of the molecule is CC(C)=CC(=O)c1cnn2ccccc12. The largest absolute Gasteiger partial charge is 0.289 e. The summed E-state index contributed by atoms with van der Waals surface area (Å²) in [6.45, 7) is 3.81. The van der Waals surface area contributed by atoms with Gasteiger partial charge in [-0.15, -0.1) is 0 Å². The number of pyridine rings is 1. The number of carbonyl (C=O) groups excluding carboxylic acids is 1. The molecule has 0 aliphatic carbocycles. The van der Waals surface area contributed by atoms with Crippen LogP contribution >= 0.6 is 0 Å². The topological polar surface area (TPSA) is 34.4 Å². The molecule has 15 heavy (non-hydrogen) atoms. The third-order valence-electron chi connectivity index (χ3n) is 2.11. The smallest absolute Gasteiger partial charge is 0.189 e. The van der Waals surface area contributed by atoms with E-state index in [1.54, 1.807) is 16.8 Å². The second kappa shape index (κ2) is 3.69. The van der Waals surface area contributed by atoms with E-state index >= 15 is 0 Å². The van der Waals surface area contributed by atoms with Gasteiger partial charge in [0.2, 0.25) is 0 Å². The molecular weight excluding hydrogens is 188 g/mol. The molecule has 76 valence electrons. The van der Waals surface area contributed by atoms with Gasteiger partial charge in [-0.05, 0) is 32.1 Å². The van der Waals surface area contributed by atoms with Crippen LogP contribution in [0, 0.1) is 0 Å². The molecule has 0 radical (unpaired) electrons. The lowest BCUT2D eigenvalue weighted by Gasteiger charge is -1.94. The first-order valence-electron chi connectivity index (χ1n) is 4.80. The second-order valence-electron chi connectivity index (χ2n) is 3.67. The van der Waals surface area contributed by atoms with Gasteiger partial charge in [0.15, 0.2) is 5.78 Å². The number of fused-ring (bicyclic) bond motifs is 1. The van der Waals surface area contributed by atoms with Crippen molar-refractivity contribution in [1.82, 2.24) is 9.61 Å². The Labute approximate surface area is 88.0 Å². The molecule has 0 unspecified atom stereocenters. The fourth-order valence-corrected chi connectivity index (χ4v) is 1.46. The first-order chi connectivity index (χ1) is 7.18. The van der Waals surface area contributed by atoms with Crippen LogP contribution in [0.4, 0.5) is 0 Å². The number of hydrogen-bond donors (Lipinski definition) is 0. The molecule has 0 saturated carbocycles. The molecule has 3 nitrogen and oxygen atoms in total. The van der Waals surface area contributed by atoms with E-state index < -0.39 is 0 Å². The van der Waals surface area contributed by atoms with Gasteiger partial charge in [0.1, 0.15) is 0 Å². The minimum Gasteiger partial charge on any atom is -0.289 e. The predicted octanol–water partition coefficient (Wildman–Crippen LogP) is 2.48. The molecule has 0 aliphatic heterocycles. The van der Waals surface area contributed by atoms with Gasteiger partial charge in [-0.25, -0.2) is 4.52 Å². The van der Waals surface area contributed by atoms with Gasteiger partial charge in [0.25, 0.3) is 0 Å². The molecule has 0 saturated heterocycles. The molecular formula is C12H12N2O. The van der Waals surface area contributed by atoms with Crippen LogP contribution in [-0.2, 0) is 0 Å². The Kier molecular flexibility index (Phi) is 2.37. The van der Waals surface area contributed by atoms with E-state index in [-0.39, 0.29) is 5.78 Å². The molecule has 0 atom stereocenters. The lowest BCUT2D eigenvalue weighted by atomic mass is 10.1. The predicted molar refractivity (Wildman–Crippen MR) is 59.0 cm³/mol. The van der Waals surface area contributed by atoms with Crippen LogP contribution in [0.15, 0.2) is 42.2 Å². The van der Waals surface area contributed by atoms with Gasteiger partial charge in [-0.1, -0.05) is 11.6 Å². The van der Waals surface area contributed by atoms with E-state index in [1.165, 1.54) is 0 Å². The standard InChI is InChI=1S/C12H12N2O/c1-9(2)7-12(15)10-8-13-14-6-4-3-5-11(10)14/h3-8H,1-2H3. The summed E-state index contributed by atoms with van der Waals surface area (Å²) in [5, 5.41) is 4.11. The van der Waals surface area contributed by atoms with Gasteiger partial charge in [-0.2, -0.15) is 5.10 Å². The van der Waals surface area contributed by atoms with Gasteiger partial charge in [0, 0.05) is 6.20 Å². The Morgan fingerprint density at radius 3 is 2.93 bits per heavy atom. The average molecular weight is 200 g/mol. The summed E-state index contributed by atoms with van der Waals surface area (Å²) in [7, 11) is 0. The Morgan fingerprint density at radius 2 is 2.20 bits per heavy atom. The van der Waals surface area contributed by atoms with Crippen LogP contribution in [0.5, 0.6) is 0 Å². The highest BCUT2D eigenvalue weighted by Gasteiger charge is 2.09. The number of rotatable bonds is 2. The summed E-state index contributed by atoms with van der Waals surface area (Å²) in [6.07, 6.45) is 5.07. The zero-order valence-corrected chi connectivity index (χ0v) is 8.77. The maximum atomic E-state index is 11.8. The summed E-state index contributed by atoms with van der Waals surface area (Å²) in [4.78, 5) is 11.8. The van der Waals surface area contributed by atoms with Gasteiger partial charge in [0.05, 0.1) is 17.3 Å². The maximum absolute atomic E-state index is 11.8. The quantitative estimate of drug-likeness (QED) is 0.551. The Balaban J connectivity index is 2.53. The van der Waals surface area contributed by atoms with E-state index in [1.807, 2.05) is 38.2 Å². The lowest BCUT2D eigenvalue weighted by molar-refractivity contribution is 0.104. The molecule has 0 bridgehead atoms. The number of aromatic nitrogens is 2. The zero-order valence-electron chi connectivity index (χ0n) is 8.77. The molecule has 2 aromatic heterocycles. The van der Waals surface area contributed by atoms with Crippen LogP contribution in [0.25, 0.3) is 5.52 Å². The van der Waals surface area contributed by atoms with Crippen LogP contribution < -0.4 is 0 Å². The van der Waals surface area contributed by atoms with Crippen molar-refractivity contribution in [3.8, 4) is 0 Å². The van der Waals surface area contributed by atoms with Crippen LogP contribution in [0.3, 0.4) is 0 Å². The van der Waals surface area contributed by atoms with Crippen LogP contribution in [0.2, 0.25) is 0 Å². The molecule has 0 N–H and O–H groups in total. The second-order valence-corrected chi connectivity index (χ2v) is 3.67. The zero-order chi connectivity index (χ0) is 10.8. The summed E-state index contributed by atoms with van der Waals surface area (Å²) >= 11 is 0. The highest BCUT2D eigenvalue weighted by Crippen LogP contribution is 2.11. The monoisotopic (exact) mass is 200 g/mol. The molecule has 2 rings (SSSR count). The number of nitrogens with zero attached hydrogens (tertiary/aromatic N) is 2. The minimum atomic E-state index is 0.0104. The van der Waals surface area contributed by atoms with E-state index in [0.29, 0.717) is 5.56 Å². The first-order valence-corrected chi connectivity index (χ1v) is 4.80. The number of carbonyl (C=O) groups is 1. The summed E-state index contributed by atoms with van der Waals surface area (Å²) in [6, 6.07) is 5.67. The first kappa shape index (κ1) is 9.65. The fourth-order valence-electron chi connectivity index (χ4n) is 1.46. The van der Waals surface area contributed by atoms with Gasteiger partial charge >= 0.3 is 0 Å². The molecule has 0 amide bonds. The summed E-state index contributed by atoms with van der Waals surface area (Å²) in [5.74, 6) is 0.0104. The molecule has 0 aliphatic rings. The summed E-state index contributed by atoms with van der Waals surface area (Å²) in [5.41, 5.74) is 2.49. The van der Waals surface area contributed by atoms with Crippen LogP contribution in [0.1, 0.15) is 24.2 Å². The normalized spacial score (nSPS) is 10.3. The molecule has 0 aromatic carbocycles. The Hall–Kier alpha value is -1.90. The van der Waals surface area contributed by atoms with Crippen molar-refractivity contribution in [3.63, 3.8) is 0 Å².